The molecule has 0 unspecified atom stereocenters. The number of amides is 1. The quantitative estimate of drug-likeness (QED) is 0.164. The maximum Gasteiger partial charge on any atom is 0.417 e. The minimum atomic E-state index is -4.86. The highest BCUT2D eigenvalue weighted by molar-refractivity contribution is 7.92. The SMILES string of the molecule is O=C(CN(c1ccc(Cl)c(C(F)(F)F)c1)S(=O)(=O)c1ccccc1)N/N=C\c1ccc(-c2ccc(Cl)cc2Cl)o1. The highest BCUT2D eigenvalue weighted by Gasteiger charge is 2.35. The Hall–Kier alpha value is -3.51. The summed E-state index contributed by atoms with van der Waals surface area (Å²) in [6.45, 7) is -0.892. The highest BCUT2D eigenvalue weighted by Crippen LogP contribution is 2.38. The number of nitrogens with one attached hydrogen (secondary N) is 1. The van der Waals surface area contributed by atoms with E-state index in [2.05, 4.69) is 10.5 Å². The first kappa shape index (κ1) is 29.5. The number of halogens is 6. The van der Waals surface area contributed by atoms with Crippen LogP contribution in [-0.4, -0.2) is 27.1 Å². The zero-order valence-corrected chi connectivity index (χ0v) is 23.1. The third kappa shape index (κ3) is 6.79. The summed E-state index contributed by atoms with van der Waals surface area (Å²) in [6, 6.07) is 17.5. The monoisotopic (exact) mass is 629 g/mol. The first-order valence-corrected chi connectivity index (χ1v) is 13.8. The van der Waals surface area contributed by atoms with E-state index in [1.165, 1.54) is 24.3 Å². The standard InChI is InChI=1S/C26H17Cl3F3N3O4S/c27-16-6-9-20(23(29)12-16)24-11-8-18(39-24)14-33-34-25(36)15-35(40(37,38)19-4-2-1-3-5-19)17-7-10-22(28)21(13-17)26(30,31)32/h1-14H,15H2,(H,34,36)/b33-14-. The van der Waals surface area contributed by atoms with E-state index >= 15 is 0 Å². The van der Waals surface area contributed by atoms with Crippen molar-refractivity contribution in [1.29, 1.82) is 0 Å². The van der Waals surface area contributed by atoms with E-state index in [4.69, 9.17) is 39.2 Å². The second-order valence-corrected chi connectivity index (χ2v) is 11.2. The van der Waals surface area contributed by atoms with Crippen molar-refractivity contribution in [3.63, 3.8) is 0 Å². The van der Waals surface area contributed by atoms with Gasteiger partial charge in [0.1, 0.15) is 18.1 Å². The molecule has 1 N–H and O–H groups in total. The van der Waals surface area contributed by atoms with Crippen LogP contribution in [0.3, 0.4) is 0 Å². The Balaban J connectivity index is 1.57. The Morgan fingerprint density at radius 3 is 2.35 bits per heavy atom. The second kappa shape index (κ2) is 11.9. The van der Waals surface area contributed by atoms with Crippen molar-refractivity contribution in [2.75, 3.05) is 10.8 Å². The summed E-state index contributed by atoms with van der Waals surface area (Å²) in [5.41, 5.74) is 1.04. The van der Waals surface area contributed by atoms with Gasteiger partial charge in [-0.05, 0) is 60.7 Å². The molecule has 0 fully saturated rings. The minimum absolute atomic E-state index is 0.225. The zero-order valence-electron chi connectivity index (χ0n) is 20.0. The van der Waals surface area contributed by atoms with Gasteiger partial charge in [-0.1, -0.05) is 53.0 Å². The van der Waals surface area contributed by atoms with E-state index < -0.39 is 44.9 Å². The van der Waals surface area contributed by atoms with Crippen molar-refractivity contribution in [2.45, 2.75) is 11.1 Å². The van der Waals surface area contributed by atoms with E-state index in [9.17, 15) is 26.4 Å². The van der Waals surface area contributed by atoms with Gasteiger partial charge in [-0.2, -0.15) is 18.3 Å². The lowest BCUT2D eigenvalue weighted by molar-refractivity contribution is -0.137. The fourth-order valence-electron chi connectivity index (χ4n) is 3.51. The molecule has 1 amide bonds. The normalized spacial score (nSPS) is 12.1. The van der Waals surface area contributed by atoms with Crippen molar-refractivity contribution in [3.05, 3.63) is 105 Å². The molecular weight excluding hydrogens is 614 g/mol. The number of rotatable bonds is 8. The predicted octanol–water partition coefficient (Wildman–Crippen LogP) is 7.27. The molecule has 0 saturated heterocycles. The van der Waals surface area contributed by atoms with Gasteiger partial charge >= 0.3 is 6.18 Å². The largest absolute Gasteiger partial charge is 0.455 e. The molecule has 1 aromatic heterocycles. The van der Waals surface area contributed by atoms with Gasteiger partial charge in [0.05, 0.1) is 32.4 Å². The number of alkyl halides is 3. The number of furan rings is 1. The van der Waals surface area contributed by atoms with Gasteiger partial charge in [0.2, 0.25) is 0 Å². The maximum atomic E-state index is 13.5. The molecule has 0 spiro atoms. The first-order valence-electron chi connectivity index (χ1n) is 11.2. The maximum absolute atomic E-state index is 13.5. The van der Waals surface area contributed by atoms with Crippen LogP contribution < -0.4 is 9.73 Å². The molecule has 14 heteroatoms. The molecule has 0 atom stereocenters. The van der Waals surface area contributed by atoms with Gasteiger partial charge in [0, 0.05) is 10.6 Å². The number of carbonyl (C=O) groups is 1. The Morgan fingerprint density at radius 1 is 0.950 bits per heavy atom. The number of sulfonamides is 1. The summed E-state index contributed by atoms with van der Waals surface area (Å²) >= 11 is 17.8. The zero-order chi connectivity index (χ0) is 29.1. The predicted molar refractivity (Wildman–Crippen MR) is 147 cm³/mol. The van der Waals surface area contributed by atoms with Crippen molar-refractivity contribution in [3.8, 4) is 11.3 Å². The van der Waals surface area contributed by atoms with Crippen LogP contribution in [0.4, 0.5) is 18.9 Å². The summed E-state index contributed by atoms with van der Waals surface area (Å²) < 4.78 is 73.3. The van der Waals surface area contributed by atoms with E-state index in [0.717, 1.165) is 18.3 Å². The lowest BCUT2D eigenvalue weighted by Crippen LogP contribution is -2.39. The third-order valence-corrected chi connectivity index (χ3v) is 8.03. The topological polar surface area (TPSA) is 92.0 Å². The molecule has 1 heterocycles. The number of nitrogens with zero attached hydrogens (tertiary/aromatic N) is 2. The van der Waals surface area contributed by atoms with Gasteiger partial charge in [0.25, 0.3) is 15.9 Å². The molecule has 0 aliphatic carbocycles. The number of carbonyl (C=O) groups excluding carboxylic acids is 1. The molecule has 7 nitrogen and oxygen atoms in total. The number of anilines is 1. The van der Waals surface area contributed by atoms with Gasteiger partial charge in [-0.25, -0.2) is 13.8 Å². The average Bonchev–Trinajstić information content (AvgIpc) is 3.36. The first-order chi connectivity index (χ1) is 18.9. The van der Waals surface area contributed by atoms with Crippen molar-refractivity contribution in [2.24, 2.45) is 5.10 Å². The van der Waals surface area contributed by atoms with Crippen LogP contribution in [0.1, 0.15) is 11.3 Å². The molecule has 0 saturated carbocycles. The lowest BCUT2D eigenvalue weighted by Gasteiger charge is -2.24. The number of hydrazone groups is 1. The Labute approximate surface area is 241 Å². The Kier molecular flexibility index (Phi) is 8.79. The summed E-state index contributed by atoms with van der Waals surface area (Å²) in [4.78, 5) is 12.5. The van der Waals surface area contributed by atoms with E-state index in [-0.39, 0.29) is 10.7 Å². The molecule has 0 aliphatic rings. The summed E-state index contributed by atoms with van der Waals surface area (Å²) in [7, 11) is -4.47. The number of hydrogen-bond donors (Lipinski definition) is 1. The molecule has 0 aliphatic heterocycles. The van der Waals surface area contributed by atoms with Crippen LogP contribution in [0, 0.1) is 0 Å². The fourth-order valence-corrected chi connectivity index (χ4v) is 5.67. The fraction of sp³-hybridized carbons (Fsp3) is 0.0769. The van der Waals surface area contributed by atoms with Crippen LogP contribution >= 0.6 is 34.8 Å². The van der Waals surface area contributed by atoms with E-state index in [1.54, 1.807) is 36.4 Å². The van der Waals surface area contributed by atoms with E-state index in [1.807, 2.05) is 0 Å². The van der Waals surface area contributed by atoms with Crippen LogP contribution in [0.2, 0.25) is 15.1 Å². The van der Waals surface area contributed by atoms with Gasteiger partial charge in [-0.15, -0.1) is 0 Å². The molecule has 0 bridgehead atoms. The van der Waals surface area contributed by atoms with Crippen LogP contribution in [0.15, 0.2) is 93.3 Å². The molecule has 0 radical (unpaired) electrons. The molecule has 208 valence electrons. The van der Waals surface area contributed by atoms with E-state index in [0.29, 0.717) is 31.7 Å². The molecular formula is C26H17Cl3F3N3O4S. The van der Waals surface area contributed by atoms with Gasteiger partial charge in [-0.3, -0.25) is 9.10 Å². The molecule has 4 aromatic rings. The van der Waals surface area contributed by atoms with Gasteiger partial charge in [0.15, 0.2) is 0 Å². The Morgan fingerprint density at radius 2 is 1.68 bits per heavy atom. The summed E-state index contributed by atoms with van der Waals surface area (Å²) in [5.74, 6) is -0.313. The molecule has 40 heavy (non-hydrogen) atoms. The second-order valence-electron chi connectivity index (χ2n) is 8.11. The molecule has 4 rings (SSSR count). The summed E-state index contributed by atoms with van der Waals surface area (Å²) in [6.07, 6.45) is -3.70. The van der Waals surface area contributed by atoms with Crippen LogP contribution in [0.5, 0.6) is 0 Å². The van der Waals surface area contributed by atoms with Crippen LogP contribution in [-0.2, 0) is 21.0 Å². The van der Waals surface area contributed by atoms with Crippen molar-refractivity contribution < 1.29 is 30.8 Å². The Bertz CT molecular complexity index is 1680. The molecule has 3 aromatic carbocycles. The highest BCUT2D eigenvalue weighted by atomic mass is 35.5. The van der Waals surface area contributed by atoms with Gasteiger partial charge < -0.3 is 4.42 Å². The third-order valence-electron chi connectivity index (χ3n) is 5.37. The summed E-state index contributed by atoms with van der Waals surface area (Å²) in [5, 5.41) is 3.94. The number of hydrogen-bond acceptors (Lipinski definition) is 5. The number of benzene rings is 3. The van der Waals surface area contributed by atoms with Crippen LogP contribution in [0.25, 0.3) is 11.3 Å². The van der Waals surface area contributed by atoms with Crippen molar-refractivity contribution in [1.82, 2.24) is 5.43 Å². The minimum Gasteiger partial charge on any atom is -0.455 e. The van der Waals surface area contributed by atoms with Crippen molar-refractivity contribution >= 4 is 62.6 Å². The average molecular weight is 631 g/mol. The smallest absolute Gasteiger partial charge is 0.417 e. The lowest BCUT2D eigenvalue weighted by atomic mass is 10.2.